The van der Waals surface area contributed by atoms with Gasteiger partial charge in [-0.05, 0) is 26.0 Å². The topological polar surface area (TPSA) is 30.5 Å². The highest BCUT2D eigenvalue weighted by atomic mass is 16.5. The molecule has 0 aliphatic heterocycles. The predicted molar refractivity (Wildman–Crippen MR) is 66.2 cm³/mol. The van der Waals surface area contributed by atoms with Crippen molar-refractivity contribution < 1.29 is 9.47 Å². The minimum atomic E-state index is 0.675. The largest absolute Gasteiger partial charge is 0.497 e. The molecule has 0 spiro atoms. The van der Waals surface area contributed by atoms with Gasteiger partial charge >= 0.3 is 0 Å². The van der Waals surface area contributed by atoms with E-state index in [1.54, 1.807) is 7.11 Å². The van der Waals surface area contributed by atoms with Crippen molar-refractivity contribution >= 4 is 0 Å². The van der Waals surface area contributed by atoms with Gasteiger partial charge in [0.2, 0.25) is 0 Å². The van der Waals surface area contributed by atoms with Crippen molar-refractivity contribution in [3.05, 3.63) is 23.8 Å². The third-order valence-corrected chi connectivity index (χ3v) is 2.32. The Morgan fingerprint density at radius 2 is 2.06 bits per heavy atom. The Balaban J connectivity index is 2.72. The minimum absolute atomic E-state index is 0.675. The summed E-state index contributed by atoms with van der Waals surface area (Å²) in [5.41, 5.74) is 1.18. The van der Waals surface area contributed by atoms with Crippen LogP contribution in [-0.4, -0.2) is 20.3 Å². The molecule has 1 aromatic carbocycles. The minimum Gasteiger partial charge on any atom is -0.497 e. The van der Waals surface area contributed by atoms with Crippen molar-refractivity contribution in [2.45, 2.75) is 26.8 Å². The molecule has 1 N–H and O–H groups in total. The van der Waals surface area contributed by atoms with Gasteiger partial charge < -0.3 is 14.8 Å². The van der Waals surface area contributed by atoms with E-state index in [9.17, 15) is 0 Å². The van der Waals surface area contributed by atoms with Gasteiger partial charge in [-0.3, -0.25) is 0 Å². The number of nitrogens with one attached hydrogen (secondary N) is 1. The molecule has 16 heavy (non-hydrogen) atoms. The molecule has 0 unspecified atom stereocenters. The smallest absolute Gasteiger partial charge is 0.127 e. The first kappa shape index (κ1) is 12.8. The summed E-state index contributed by atoms with van der Waals surface area (Å²) in [6.07, 6.45) is 1.14. The monoisotopic (exact) mass is 223 g/mol. The average molecular weight is 223 g/mol. The summed E-state index contributed by atoms with van der Waals surface area (Å²) in [6, 6.07) is 5.95. The first-order valence-electron chi connectivity index (χ1n) is 5.82. The second-order valence-corrected chi connectivity index (χ2v) is 3.58. The fourth-order valence-corrected chi connectivity index (χ4v) is 1.50. The van der Waals surface area contributed by atoms with Crippen molar-refractivity contribution in [3.63, 3.8) is 0 Å². The molecule has 1 rings (SSSR count). The summed E-state index contributed by atoms with van der Waals surface area (Å²) in [4.78, 5) is 0. The molecule has 3 heteroatoms. The van der Waals surface area contributed by atoms with Crippen LogP contribution in [0.1, 0.15) is 25.8 Å². The van der Waals surface area contributed by atoms with Gasteiger partial charge in [-0.1, -0.05) is 13.0 Å². The molecular weight excluding hydrogens is 202 g/mol. The quantitative estimate of drug-likeness (QED) is 0.721. The third-order valence-electron chi connectivity index (χ3n) is 2.32. The molecule has 3 nitrogen and oxygen atoms in total. The second-order valence-electron chi connectivity index (χ2n) is 3.58. The van der Waals surface area contributed by atoms with Gasteiger partial charge in [0, 0.05) is 18.2 Å². The lowest BCUT2D eigenvalue weighted by atomic mass is 10.2. The lowest BCUT2D eigenvalue weighted by Gasteiger charge is -2.12. The maximum Gasteiger partial charge on any atom is 0.127 e. The van der Waals surface area contributed by atoms with Crippen LogP contribution >= 0.6 is 0 Å². The number of ether oxygens (including phenoxy) is 2. The Morgan fingerprint density at radius 3 is 2.69 bits per heavy atom. The van der Waals surface area contributed by atoms with Crippen LogP contribution in [0.3, 0.4) is 0 Å². The normalized spacial score (nSPS) is 10.2. The predicted octanol–water partition coefficient (Wildman–Crippen LogP) is 2.59. The first-order valence-corrected chi connectivity index (χ1v) is 5.82. The van der Waals surface area contributed by atoms with E-state index in [0.29, 0.717) is 6.61 Å². The van der Waals surface area contributed by atoms with Crippen LogP contribution < -0.4 is 14.8 Å². The number of benzene rings is 1. The van der Waals surface area contributed by atoms with Crippen LogP contribution in [0, 0.1) is 0 Å². The summed E-state index contributed by atoms with van der Waals surface area (Å²) in [7, 11) is 1.67. The Labute approximate surface area is 97.8 Å². The number of methoxy groups -OCH3 is 1. The van der Waals surface area contributed by atoms with Crippen LogP contribution in [-0.2, 0) is 6.54 Å². The molecule has 0 aliphatic carbocycles. The van der Waals surface area contributed by atoms with E-state index in [2.05, 4.69) is 12.2 Å². The highest BCUT2D eigenvalue weighted by Gasteiger charge is 2.04. The van der Waals surface area contributed by atoms with Crippen LogP contribution in [0.15, 0.2) is 18.2 Å². The van der Waals surface area contributed by atoms with Gasteiger partial charge in [-0.15, -0.1) is 0 Å². The van der Waals surface area contributed by atoms with Gasteiger partial charge in [-0.25, -0.2) is 0 Å². The number of hydrogen-bond donors (Lipinski definition) is 1. The first-order chi connectivity index (χ1) is 7.81. The molecule has 0 radical (unpaired) electrons. The van der Waals surface area contributed by atoms with Crippen LogP contribution in [0.25, 0.3) is 0 Å². The highest BCUT2D eigenvalue weighted by Crippen LogP contribution is 2.24. The lowest BCUT2D eigenvalue weighted by molar-refractivity contribution is 0.331. The molecule has 0 aromatic heterocycles. The molecule has 0 atom stereocenters. The van der Waals surface area contributed by atoms with Gasteiger partial charge in [0.1, 0.15) is 11.5 Å². The molecule has 90 valence electrons. The van der Waals surface area contributed by atoms with Crippen molar-refractivity contribution in [2.75, 3.05) is 20.3 Å². The summed E-state index contributed by atoms with van der Waals surface area (Å²) >= 11 is 0. The Kier molecular flexibility index (Phi) is 5.72. The van der Waals surface area contributed by atoms with Crippen molar-refractivity contribution in [3.8, 4) is 11.5 Å². The zero-order valence-corrected chi connectivity index (χ0v) is 10.4. The van der Waals surface area contributed by atoms with Crippen molar-refractivity contribution in [1.29, 1.82) is 0 Å². The summed E-state index contributed by atoms with van der Waals surface area (Å²) in [5, 5.41) is 3.37. The van der Waals surface area contributed by atoms with E-state index in [4.69, 9.17) is 9.47 Å². The SMILES string of the molecule is CCCNCc1ccc(OC)cc1OCC. The molecule has 0 aliphatic rings. The number of hydrogen-bond acceptors (Lipinski definition) is 3. The maximum atomic E-state index is 5.59. The molecule has 0 saturated heterocycles. The van der Waals surface area contributed by atoms with Crippen LogP contribution in [0.4, 0.5) is 0 Å². The van der Waals surface area contributed by atoms with Crippen molar-refractivity contribution in [2.24, 2.45) is 0 Å². The zero-order valence-electron chi connectivity index (χ0n) is 10.4. The van der Waals surface area contributed by atoms with Gasteiger partial charge in [-0.2, -0.15) is 0 Å². The molecular formula is C13H21NO2. The zero-order chi connectivity index (χ0) is 11.8. The molecule has 0 heterocycles. The molecule has 0 amide bonds. The van der Waals surface area contributed by atoms with E-state index in [-0.39, 0.29) is 0 Å². The molecule has 0 saturated carbocycles. The Hall–Kier alpha value is -1.22. The van der Waals surface area contributed by atoms with E-state index < -0.39 is 0 Å². The van der Waals surface area contributed by atoms with Gasteiger partial charge in [0.15, 0.2) is 0 Å². The Bertz CT molecular complexity index is 313. The molecule has 0 bridgehead atoms. The van der Waals surface area contributed by atoms with Gasteiger partial charge in [0.05, 0.1) is 13.7 Å². The van der Waals surface area contributed by atoms with E-state index in [0.717, 1.165) is 31.0 Å². The maximum absolute atomic E-state index is 5.59. The third kappa shape index (κ3) is 3.74. The number of rotatable bonds is 7. The summed E-state index contributed by atoms with van der Waals surface area (Å²) in [5.74, 6) is 1.74. The highest BCUT2D eigenvalue weighted by molar-refractivity contribution is 5.40. The van der Waals surface area contributed by atoms with Crippen LogP contribution in [0.2, 0.25) is 0 Å². The van der Waals surface area contributed by atoms with Crippen LogP contribution in [0.5, 0.6) is 11.5 Å². The summed E-state index contributed by atoms with van der Waals surface area (Å²) < 4.78 is 10.8. The average Bonchev–Trinajstić information content (AvgIpc) is 2.31. The fourth-order valence-electron chi connectivity index (χ4n) is 1.50. The van der Waals surface area contributed by atoms with Gasteiger partial charge in [0.25, 0.3) is 0 Å². The van der Waals surface area contributed by atoms with E-state index in [1.807, 2.05) is 25.1 Å². The standard InChI is InChI=1S/C13H21NO2/c1-4-8-14-10-11-6-7-12(15-3)9-13(11)16-5-2/h6-7,9,14H,4-5,8,10H2,1-3H3. The van der Waals surface area contributed by atoms with E-state index in [1.165, 1.54) is 5.56 Å². The summed E-state index contributed by atoms with van der Waals surface area (Å²) in [6.45, 7) is 6.69. The molecule has 0 fully saturated rings. The van der Waals surface area contributed by atoms with E-state index >= 15 is 0 Å². The molecule has 1 aromatic rings. The fraction of sp³-hybridized carbons (Fsp3) is 0.538. The van der Waals surface area contributed by atoms with Crippen molar-refractivity contribution in [1.82, 2.24) is 5.32 Å². The second kappa shape index (κ2) is 7.12. The Morgan fingerprint density at radius 1 is 1.25 bits per heavy atom. The lowest BCUT2D eigenvalue weighted by Crippen LogP contribution is -2.14.